The maximum atomic E-state index is 3.57. The van der Waals surface area contributed by atoms with Crippen molar-refractivity contribution in [3.05, 3.63) is 28.2 Å². The van der Waals surface area contributed by atoms with Gasteiger partial charge < -0.3 is 10.2 Å². The highest BCUT2D eigenvalue weighted by atomic mass is 79.9. The number of halogens is 1. The molecule has 18 heavy (non-hydrogen) atoms. The molecule has 0 aliphatic carbocycles. The Morgan fingerprint density at radius 3 is 2.67 bits per heavy atom. The normalized spacial score (nSPS) is 17.9. The maximum absolute atomic E-state index is 3.57. The molecule has 1 heterocycles. The first kappa shape index (κ1) is 13.8. The smallest absolute Gasteiger partial charge is 0.0381 e. The van der Waals surface area contributed by atoms with Gasteiger partial charge in [-0.1, -0.05) is 22.0 Å². The van der Waals surface area contributed by atoms with Crippen molar-refractivity contribution in [1.82, 2.24) is 9.80 Å². The molecular weight excluding hydrogens is 290 g/mol. The molecule has 1 saturated heterocycles. The van der Waals surface area contributed by atoms with Gasteiger partial charge in [-0.3, -0.25) is 4.90 Å². The minimum Gasteiger partial charge on any atom is -0.384 e. The molecule has 1 N–H and O–H groups in total. The van der Waals surface area contributed by atoms with Crippen LogP contribution in [0.2, 0.25) is 0 Å². The Morgan fingerprint density at radius 1 is 1.22 bits per heavy atom. The average Bonchev–Trinajstić information content (AvgIpc) is 2.37. The number of anilines is 1. The molecular formula is C14H22BrN3. The van der Waals surface area contributed by atoms with Gasteiger partial charge in [0, 0.05) is 49.4 Å². The number of rotatable bonds is 4. The van der Waals surface area contributed by atoms with E-state index in [1.165, 1.54) is 41.9 Å². The van der Waals surface area contributed by atoms with E-state index in [0.717, 1.165) is 13.1 Å². The Hall–Kier alpha value is -0.580. The summed E-state index contributed by atoms with van der Waals surface area (Å²) in [5, 5.41) is 3.53. The lowest BCUT2D eigenvalue weighted by molar-refractivity contribution is 0.158. The van der Waals surface area contributed by atoms with Gasteiger partial charge in [0.15, 0.2) is 0 Å². The van der Waals surface area contributed by atoms with Crippen LogP contribution in [0.1, 0.15) is 5.56 Å². The minimum atomic E-state index is 1.01. The molecule has 0 bridgehead atoms. The highest BCUT2D eigenvalue weighted by Crippen LogP contribution is 2.23. The Balaban J connectivity index is 1.77. The SMILES string of the molecule is Cc1c(Br)cccc1NCCN1CCN(C)CC1. The number of hydrogen-bond acceptors (Lipinski definition) is 3. The van der Waals surface area contributed by atoms with Crippen LogP contribution in [0, 0.1) is 6.92 Å². The molecule has 0 radical (unpaired) electrons. The molecule has 1 fully saturated rings. The maximum Gasteiger partial charge on any atom is 0.0381 e. The van der Waals surface area contributed by atoms with Crippen LogP contribution >= 0.6 is 15.9 Å². The summed E-state index contributed by atoms with van der Waals surface area (Å²) in [6.45, 7) is 9.04. The third kappa shape index (κ3) is 3.70. The highest BCUT2D eigenvalue weighted by Gasteiger charge is 2.12. The van der Waals surface area contributed by atoms with Crippen molar-refractivity contribution in [2.75, 3.05) is 51.6 Å². The molecule has 0 saturated carbocycles. The van der Waals surface area contributed by atoms with Gasteiger partial charge in [0.25, 0.3) is 0 Å². The van der Waals surface area contributed by atoms with Crippen molar-refractivity contribution in [2.45, 2.75) is 6.92 Å². The summed E-state index contributed by atoms with van der Waals surface area (Å²) < 4.78 is 1.17. The highest BCUT2D eigenvalue weighted by molar-refractivity contribution is 9.10. The van der Waals surface area contributed by atoms with Crippen LogP contribution in [0.15, 0.2) is 22.7 Å². The van der Waals surface area contributed by atoms with Crippen LogP contribution in [0.25, 0.3) is 0 Å². The molecule has 1 aromatic carbocycles. The average molecular weight is 312 g/mol. The second kappa shape index (κ2) is 6.55. The molecule has 1 aliphatic rings. The molecule has 3 nitrogen and oxygen atoms in total. The Labute approximate surface area is 118 Å². The molecule has 0 atom stereocenters. The molecule has 4 heteroatoms. The molecule has 0 spiro atoms. The fraction of sp³-hybridized carbons (Fsp3) is 0.571. The van der Waals surface area contributed by atoms with E-state index in [1.807, 2.05) is 0 Å². The molecule has 0 unspecified atom stereocenters. The zero-order valence-corrected chi connectivity index (χ0v) is 12.8. The summed E-state index contributed by atoms with van der Waals surface area (Å²) in [4.78, 5) is 4.92. The summed E-state index contributed by atoms with van der Waals surface area (Å²) in [6.07, 6.45) is 0. The molecule has 0 aromatic heterocycles. The fourth-order valence-corrected chi connectivity index (χ4v) is 2.59. The van der Waals surface area contributed by atoms with E-state index in [1.54, 1.807) is 0 Å². The van der Waals surface area contributed by atoms with Gasteiger partial charge in [-0.05, 0) is 31.7 Å². The fourth-order valence-electron chi connectivity index (χ4n) is 2.22. The van der Waals surface area contributed by atoms with Gasteiger partial charge >= 0.3 is 0 Å². The quantitative estimate of drug-likeness (QED) is 0.921. The largest absolute Gasteiger partial charge is 0.384 e. The predicted molar refractivity (Wildman–Crippen MR) is 81.3 cm³/mol. The van der Waals surface area contributed by atoms with Crippen molar-refractivity contribution in [3.8, 4) is 0 Å². The second-order valence-electron chi connectivity index (χ2n) is 4.98. The van der Waals surface area contributed by atoms with E-state index in [0.29, 0.717) is 0 Å². The lowest BCUT2D eigenvalue weighted by Gasteiger charge is -2.32. The van der Waals surface area contributed by atoms with Crippen LogP contribution < -0.4 is 5.32 Å². The van der Waals surface area contributed by atoms with E-state index in [4.69, 9.17) is 0 Å². The molecule has 100 valence electrons. The summed E-state index contributed by atoms with van der Waals surface area (Å²) in [7, 11) is 2.19. The first-order valence-electron chi connectivity index (χ1n) is 6.56. The zero-order valence-electron chi connectivity index (χ0n) is 11.2. The second-order valence-corrected chi connectivity index (χ2v) is 5.84. The van der Waals surface area contributed by atoms with Gasteiger partial charge in [0.05, 0.1) is 0 Å². The minimum absolute atomic E-state index is 1.01. The molecule has 2 rings (SSSR count). The van der Waals surface area contributed by atoms with Gasteiger partial charge in [-0.15, -0.1) is 0 Å². The predicted octanol–water partition coefficient (Wildman–Crippen LogP) is 2.42. The number of piperazine rings is 1. The van der Waals surface area contributed by atoms with E-state index in [9.17, 15) is 0 Å². The monoisotopic (exact) mass is 311 g/mol. The van der Waals surface area contributed by atoms with Crippen molar-refractivity contribution < 1.29 is 0 Å². The Morgan fingerprint density at radius 2 is 1.94 bits per heavy atom. The number of hydrogen-bond donors (Lipinski definition) is 1. The first-order valence-corrected chi connectivity index (χ1v) is 7.36. The van der Waals surface area contributed by atoms with E-state index in [2.05, 4.69) is 63.2 Å². The Kier molecular flexibility index (Phi) is 5.03. The number of likely N-dealkylation sites (N-methyl/N-ethyl adjacent to an activating group) is 1. The zero-order chi connectivity index (χ0) is 13.0. The van der Waals surface area contributed by atoms with E-state index >= 15 is 0 Å². The van der Waals surface area contributed by atoms with Crippen LogP contribution in [0.5, 0.6) is 0 Å². The summed E-state index contributed by atoms with van der Waals surface area (Å²) in [5.41, 5.74) is 2.52. The van der Waals surface area contributed by atoms with Gasteiger partial charge in [-0.25, -0.2) is 0 Å². The van der Waals surface area contributed by atoms with Crippen molar-refractivity contribution >= 4 is 21.6 Å². The summed E-state index contributed by atoms with van der Waals surface area (Å²) in [5.74, 6) is 0. The third-order valence-corrected chi connectivity index (χ3v) is 4.47. The van der Waals surface area contributed by atoms with Crippen molar-refractivity contribution in [3.63, 3.8) is 0 Å². The lowest BCUT2D eigenvalue weighted by atomic mass is 10.2. The third-order valence-electron chi connectivity index (χ3n) is 3.61. The first-order chi connectivity index (χ1) is 8.66. The Bertz CT molecular complexity index is 387. The lowest BCUT2D eigenvalue weighted by Crippen LogP contribution is -2.45. The van der Waals surface area contributed by atoms with Crippen LogP contribution in [0.3, 0.4) is 0 Å². The van der Waals surface area contributed by atoms with Crippen LogP contribution in [-0.2, 0) is 0 Å². The molecule has 1 aliphatic heterocycles. The van der Waals surface area contributed by atoms with Crippen molar-refractivity contribution in [1.29, 1.82) is 0 Å². The summed E-state index contributed by atoms with van der Waals surface area (Å²) >= 11 is 3.57. The number of nitrogens with one attached hydrogen (secondary N) is 1. The van der Waals surface area contributed by atoms with Crippen molar-refractivity contribution in [2.24, 2.45) is 0 Å². The van der Waals surface area contributed by atoms with Gasteiger partial charge in [0.2, 0.25) is 0 Å². The topological polar surface area (TPSA) is 18.5 Å². The van der Waals surface area contributed by atoms with Crippen LogP contribution in [-0.4, -0.2) is 56.1 Å². The van der Waals surface area contributed by atoms with E-state index in [-0.39, 0.29) is 0 Å². The molecule has 0 amide bonds. The molecule has 1 aromatic rings. The number of nitrogens with zero attached hydrogens (tertiary/aromatic N) is 2. The summed E-state index contributed by atoms with van der Waals surface area (Å²) in [6, 6.07) is 6.31. The van der Waals surface area contributed by atoms with E-state index < -0.39 is 0 Å². The van der Waals surface area contributed by atoms with Gasteiger partial charge in [0.1, 0.15) is 0 Å². The standard InChI is InChI=1S/C14H22BrN3/c1-12-13(15)4-3-5-14(12)16-6-7-18-10-8-17(2)9-11-18/h3-5,16H,6-11H2,1-2H3. The van der Waals surface area contributed by atoms with Gasteiger partial charge in [-0.2, -0.15) is 0 Å². The number of benzene rings is 1. The van der Waals surface area contributed by atoms with Crippen LogP contribution in [0.4, 0.5) is 5.69 Å².